The highest BCUT2D eigenvalue weighted by Gasteiger charge is 2.36. The minimum Gasteiger partial charge on any atom is -0.493 e. The summed E-state index contributed by atoms with van der Waals surface area (Å²) in [5.41, 5.74) is 2.83. The third kappa shape index (κ3) is 10.0. The third-order valence-electron chi connectivity index (χ3n) is 7.76. The van der Waals surface area contributed by atoms with Crippen molar-refractivity contribution in [1.82, 2.24) is 10.6 Å². The summed E-state index contributed by atoms with van der Waals surface area (Å²) in [5.74, 6) is -1.95. The molecule has 0 saturated heterocycles. The van der Waals surface area contributed by atoms with Crippen molar-refractivity contribution < 1.29 is 38.2 Å². The maximum atomic E-state index is 14.2. The van der Waals surface area contributed by atoms with Crippen LogP contribution >= 0.6 is 0 Å². The van der Waals surface area contributed by atoms with E-state index in [0.717, 1.165) is 17.2 Å². The molecule has 276 valence electrons. The SMILES string of the molecule is CCOc1cc(CC2=C(NC(C)=O)C(=O)C(Nc3ccc(-c4ccccc4)c(OCC)c3)=C(NC(C)=O)C2=O)ccc1NC(=O)c1ccccc1.N=C=O. The van der Waals surface area contributed by atoms with Crippen LogP contribution in [-0.4, -0.2) is 48.6 Å². The number of ketones is 2. The van der Waals surface area contributed by atoms with Gasteiger partial charge >= 0.3 is 0 Å². The average molecular weight is 730 g/mol. The van der Waals surface area contributed by atoms with Crippen LogP contribution in [0.5, 0.6) is 11.5 Å². The van der Waals surface area contributed by atoms with E-state index in [-0.39, 0.29) is 41.6 Å². The maximum absolute atomic E-state index is 14.2. The van der Waals surface area contributed by atoms with Crippen molar-refractivity contribution in [2.45, 2.75) is 34.1 Å². The van der Waals surface area contributed by atoms with Crippen molar-refractivity contribution in [3.63, 3.8) is 0 Å². The molecule has 0 saturated carbocycles. The van der Waals surface area contributed by atoms with Crippen LogP contribution < -0.4 is 30.7 Å². The molecule has 54 heavy (non-hydrogen) atoms. The number of benzene rings is 4. The molecule has 4 aromatic carbocycles. The van der Waals surface area contributed by atoms with Gasteiger partial charge in [-0.1, -0.05) is 54.6 Å². The first-order valence-corrected chi connectivity index (χ1v) is 16.9. The molecule has 0 aliphatic heterocycles. The molecule has 0 aromatic heterocycles. The van der Waals surface area contributed by atoms with E-state index in [1.165, 1.54) is 13.8 Å². The van der Waals surface area contributed by atoms with Crippen molar-refractivity contribution >= 4 is 46.7 Å². The van der Waals surface area contributed by atoms with Gasteiger partial charge in [-0.2, -0.15) is 0 Å². The highest BCUT2D eigenvalue weighted by molar-refractivity contribution is 6.27. The van der Waals surface area contributed by atoms with Gasteiger partial charge in [-0.15, -0.1) is 0 Å². The number of hydrogen-bond acceptors (Lipinski definition) is 10. The lowest BCUT2D eigenvalue weighted by molar-refractivity contribution is -0.122. The highest BCUT2D eigenvalue weighted by atomic mass is 16.5. The zero-order valence-corrected chi connectivity index (χ0v) is 30.1. The number of carbonyl (C=O) groups is 5. The second-order valence-corrected chi connectivity index (χ2v) is 11.6. The first-order chi connectivity index (χ1) is 26.0. The van der Waals surface area contributed by atoms with Crippen LogP contribution in [0.2, 0.25) is 0 Å². The van der Waals surface area contributed by atoms with Gasteiger partial charge in [0.2, 0.25) is 29.5 Å². The van der Waals surface area contributed by atoms with Gasteiger partial charge in [0.15, 0.2) is 0 Å². The van der Waals surface area contributed by atoms with Crippen molar-refractivity contribution in [3.05, 3.63) is 131 Å². The molecule has 0 fully saturated rings. The lowest BCUT2D eigenvalue weighted by Crippen LogP contribution is -2.41. The van der Waals surface area contributed by atoms with E-state index in [0.29, 0.717) is 40.6 Å². The average Bonchev–Trinajstić information content (AvgIpc) is 3.15. The summed E-state index contributed by atoms with van der Waals surface area (Å²) >= 11 is 0. The third-order valence-corrected chi connectivity index (χ3v) is 7.76. The number of isocyanates is 1. The van der Waals surface area contributed by atoms with Crippen molar-refractivity contribution in [1.29, 1.82) is 5.41 Å². The normalized spacial score (nSPS) is 12.1. The molecule has 13 heteroatoms. The summed E-state index contributed by atoms with van der Waals surface area (Å²) in [6.07, 6.45) is 0.643. The number of rotatable bonds is 13. The van der Waals surface area contributed by atoms with Crippen molar-refractivity contribution in [2.24, 2.45) is 0 Å². The first-order valence-electron chi connectivity index (χ1n) is 16.9. The molecular formula is C41H39N5O8. The van der Waals surface area contributed by atoms with Crippen LogP contribution in [0.15, 0.2) is 120 Å². The molecule has 0 heterocycles. The molecule has 1 aliphatic carbocycles. The van der Waals surface area contributed by atoms with Crippen molar-refractivity contribution in [3.8, 4) is 22.6 Å². The van der Waals surface area contributed by atoms with Crippen LogP contribution in [-0.2, 0) is 30.4 Å². The van der Waals surface area contributed by atoms with E-state index in [1.54, 1.807) is 61.5 Å². The number of amides is 3. The minimum atomic E-state index is -0.703. The fourth-order valence-electron chi connectivity index (χ4n) is 5.56. The van der Waals surface area contributed by atoms with Gasteiger partial charge in [0.1, 0.15) is 22.9 Å². The predicted molar refractivity (Wildman–Crippen MR) is 202 cm³/mol. The summed E-state index contributed by atoms with van der Waals surface area (Å²) in [5, 5.41) is 16.4. The second kappa shape index (κ2) is 18.9. The number of Topliss-reactive ketones (excluding diaryl/α,β-unsaturated/α-hetero) is 2. The summed E-state index contributed by atoms with van der Waals surface area (Å²) in [7, 11) is 0. The Balaban J connectivity index is 0.00000209. The quantitative estimate of drug-likeness (QED) is 0.0638. The van der Waals surface area contributed by atoms with E-state index in [9.17, 15) is 24.0 Å². The van der Waals surface area contributed by atoms with Crippen LogP contribution in [0.3, 0.4) is 0 Å². The van der Waals surface area contributed by atoms with Crippen molar-refractivity contribution in [2.75, 3.05) is 23.8 Å². The largest absolute Gasteiger partial charge is 0.493 e. The molecule has 1 aliphatic rings. The van der Waals surface area contributed by atoms with E-state index in [2.05, 4.69) is 21.3 Å². The van der Waals surface area contributed by atoms with Gasteiger partial charge in [-0.25, -0.2) is 10.2 Å². The Hall–Kier alpha value is -7.11. The standard InChI is InChI=1S/C40H38N4O7.CHNO/c1-5-50-33-23-29(18-19-30(33)27-13-9-7-10-14-27)43-37-36(42-25(4)46)38(47)31(35(39(37)48)41-24(3)45)21-26-17-20-32(34(22-26)51-6-2)44-40(49)28-15-11-8-12-16-28;2-1-3/h7-20,22-23,43H,5-6,21H2,1-4H3,(H,41,45)(H,42,46)(H,44,49);2H. The molecule has 5 rings (SSSR count). The van der Waals surface area contributed by atoms with Gasteiger partial charge in [-0.05, 0) is 61.4 Å². The van der Waals surface area contributed by atoms with Crippen LogP contribution in [0, 0.1) is 5.41 Å². The smallest absolute Gasteiger partial charge is 0.255 e. The van der Waals surface area contributed by atoms with Gasteiger partial charge in [-0.3, -0.25) is 24.0 Å². The monoisotopic (exact) mass is 729 g/mol. The molecule has 0 bridgehead atoms. The summed E-state index contributed by atoms with van der Waals surface area (Å²) in [6, 6.07) is 28.6. The zero-order valence-electron chi connectivity index (χ0n) is 30.1. The Morgan fingerprint density at radius 2 is 1.28 bits per heavy atom. The maximum Gasteiger partial charge on any atom is 0.255 e. The number of carbonyl (C=O) groups excluding carboxylic acids is 6. The van der Waals surface area contributed by atoms with E-state index < -0.39 is 23.4 Å². The van der Waals surface area contributed by atoms with Gasteiger partial charge in [0.05, 0.1) is 24.6 Å². The molecule has 0 spiro atoms. The van der Waals surface area contributed by atoms with Gasteiger partial charge in [0, 0.05) is 48.7 Å². The number of nitrogens with one attached hydrogen (secondary N) is 5. The van der Waals surface area contributed by atoms with Crippen LogP contribution in [0.4, 0.5) is 11.4 Å². The molecule has 0 atom stereocenters. The fraction of sp³-hybridized carbons (Fsp3) is 0.171. The molecule has 3 amide bonds. The van der Waals surface area contributed by atoms with E-state index in [1.807, 2.05) is 49.4 Å². The van der Waals surface area contributed by atoms with Crippen LogP contribution in [0.1, 0.15) is 43.6 Å². The Labute approximate surface area is 312 Å². The molecule has 0 unspecified atom stereocenters. The number of allylic oxidation sites excluding steroid dienone is 1. The lowest BCUT2D eigenvalue weighted by Gasteiger charge is -2.25. The van der Waals surface area contributed by atoms with Gasteiger partial charge < -0.3 is 30.7 Å². The molecule has 13 nitrogen and oxygen atoms in total. The molecule has 5 N–H and O–H groups in total. The van der Waals surface area contributed by atoms with E-state index >= 15 is 0 Å². The number of hydrogen-bond donors (Lipinski definition) is 5. The predicted octanol–water partition coefficient (Wildman–Crippen LogP) is 5.85. The summed E-state index contributed by atoms with van der Waals surface area (Å²) in [6.45, 7) is 6.78. The topological polar surface area (TPSA) is 193 Å². The Morgan fingerprint density at radius 1 is 0.685 bits per heavy atom. The first kappa shape index (κ1) is 39.7. The lowest BCUT2D eigenvalue weighted by atomic mass is 9.89. The van der Waals surface area contributed by atoms with E-state index in [4.69, 9.17) is 19.7 Å². The Morgan fingerprint density at radius 3 is 1.89 bits per heavy atom. The van der Waals surface area contributed by atoms with Gasteiger partial charge in [0.25, 0.3) is 5.91 Å². The fourth-order valence-corrected chi connectivity index (χ4v) is 5.56. The Kier molecular flexibility index (Phi) is 13.9. The Bertz CT molecular complexity index is 2150. The minimum absolute atomic E-state index is 0.0394. The second-order valence-electron chi connectivity index (χ2n) is 11.6. The highest BCUT2D eigenvalue weighted by Crippen LogP contribution is 2.35. The number of anilines is 2. The summed E-state index contributed by atoms with van der Waals surface area (Å²) < 4.78 is 11.7. The molecule has 4 aromatic rings. The number of ether oxygens (including phenoxy) is 2. The molecular weight excluding hydrogens is 690 g/mol. The van der Waals surface area contributed by atoms with Crippen LogP contribution in [0.25, 0.3) is 11.1 Å². The zero-order chi connectivity index (χ0) is 39.2. The molecule has 0 radical (unpaired) electrons. The summed E-state index contributed by atoms with van der Waals surface area (Å²) in [4.78, 5) is 74.4.